The van der Waals surface area contributed by atoms with Crippen molar-refractivity contribution in [1.82, 2.24) is 0 Å². The number of aryl methyl sites for hydroxylation is 3. The zero-order valence-corrected chi connectivity index (χ0v) is 20.0. The number of quaternary nitrogens is 1. The molecular formula is C24H32NOY+. The van der Waals surface area contributed by atoms with E-state index in [1.165, 1.54) is 47.1 Å². The van der Waals surface area contributed by atoms with Crippen LogP contribution in [0.1, 0.15) is 47.1 Å². The van der Waals surface area contributed by atoms with Crippen molar-refractivity contribution >= 4 is 5.78 Å². The van der Waals surface area contributed by atoms with Crippen LogP contribution >= 0.6 is 0 Å². The molecule has 3 heteroatoms. The molecule has 2 aromatic rings. The Balaban J connectivity index is 0.00000261. The van der Waals surface area contributed by atoms with Gasteiger partial charge >= 0.3 is 0 Å². The van der Waals surface area contributed by atoms with Crippen molar-refractivity contribution in [3.05, 3.63) is 70.3 Å². The molecule has 0 atom stereocenters. The number of Topliss-reactive ketones (excluding diaryl/α,β-unsaturated/α-hetero) is 1. The summed E-state index contributed by atoms with van der Waals surface area (Å²) in [5.74, 6) is 0.387. The van der Waals surface area contributed by atoms with E-state index in [0.29, 0.717) is 18.7 Å². The molecule has 1 aliphatic heterocycles. The van der Waals surface area contributed by atoms with Gasteiger partial charge in [-0.1, -0.05) is 48.0 Å². The first kappa shape index (κ1) is 22.5. The molecule has 0 saturated carbocycles. The predicted octanol–water partition coefficient (Wildman–Crippen LogP) is 4.92. The van der Waals surface area contributed by atoms with Crippen molar-refractivity contribution < 1.29 is 42.0 Å². The summed E-state index contributed by atoms with van der Waals surface area (Å²) in [4.78, 5) is 13.0. The molecule has 0 spiro atoms. The van der Waals surface area contributed by atoms with Gasteiger partial charge in [0.2, 0.25) is 0 Å². The number of ketones is 1. The zero-order valence-electron chi connectivity index (χ0n) is 17.1. The van der Waals surface area contributed by atoms with E-state index in [0.717, 1.165) is 24.1 Å². The van der Waals surface area contributed by atoms with Crippen molar-refractivity contribution in [2.75, 3.05) is 19.6 Å². The number of nitrogens with zero attached hydrogens (tertiary/aromatic N) is 1. The van der Waals surface area contributed by atoms with E-state index in [9.17, 15) is 4.79 Å². The van der Waals surface area contributed by atoms with E-state index in [4.69, 9.17) is 0 Å². The monoisotopic (exact) mass is 439 g/mol. The quantitative estimate of drug-likeness (QED) is 0.584. The Kier molecular flexibility index (Phi) is 8.40. The number of rotatable bonds is 6. The third-order valence-electron chi connectivity index (χ3n) is 5.85. The number of benzene rings is 2. The first-order valence-corrected chi connectivity index (χ1v) is 9.95. The van der Waals surface area contributed by atoms with Crippen molar-refractivity contribution in [2.24, 2.45) is 0 Å². The molecule has 3 rings (SSSR count). The molecule has 2 nitrogen and oxygen atoms in total. The number of likely N-dealkylation sites (tertiary alicyclic amines) is 1. The van der Waals surface area contributed by atoms with Crippen molar-refractivity contribution in [2.45, 2.75) is 53.0 Å². The van der Waals surface area contributed by atoms with E-state index in [1.54, 1.807) is 0 Å². The summed E-state index contributed by atoms with van der Waals surface area (Å²) in [6.45, 7) is 10.3. The van der Waals surface area contributed by atoms with Crippen LogP contribution in [0.15, 0.2) is 42.5 Å². The summed E-state index contributed by atoms with van der Waals surface area (Å²) < 4.78 is 0.937. The largest absolute Gasteiger partial charge is 0.314 e. The predicted molar refractivity (Wildman–Crippen MR) is 108 cm³/mol. The van der Waals surface area contributed by atoms with Crippen LogP contribution in [0.4, 0.5) is 0 Å². The maximum atomic E-state index is 13.0. The Labute approximate surface area is 189 Å². The molecule has 27 heavy (non-hydrogen) atoms. The van der Waals surface area contributed by atoms with E-state index in [1.807, 2.05) is 0 Å². The molecule has 0 amide bonds. The molecule has 0 aromatic heterocycles. The van der Waals surface area contributed by atoms with Gasteiger partial charge in [0.15, 0.2) is 5.78 Å². The minimum Gasteiger partial charge on any atom is -0.314 e. The molecule has 1 aliphatic rings. The van der Waals surface area contributed by atoms with Crippen LogP contribution in [-0.2, 0) is 50.5 Å². The second-order valence-electron chi connectivity index (χ2n) is 8.24. The SMILES string of the molecule is Cc1cc(C)c(CC(=O)C[N+]2(Cc3ccccc3)CCCCC2)c(C)c1.[Y]. The van der Waals surface area contributed by atoms with E-state index in [-0.39, 0.29) is 32.7 Å². The summed E-state index contributed by atoms with van der Waals surface area (Å²) in [5.41, 5.74) is 6.37. The molecule has 1 radical (unpaired) electrons. The summed E-state index contributed by atoms with van der Waals surface area (Å²) in [6.07, 6.45) is 4.36. The van der Waals surface area contributed by atoms with Gasteiger partial charge in [0.25, 0.3) is 0 Å². The maximum absolute atomic E-state index is 13.0. The Morgan fingerprint density at radius 1 is 0.926 bits per heavy atom. The molecule has 1 heterocycles. The average molecular weight is 439 g/mol. The summed E-state index contributed by atoms with van der Waals surface area (Å²) in [6, 6.07) is 15.1. The normalized spacial score (nSPS) is 15.8. The van der Waals surface area contributed by atoms with Gasteiger partial charge in [-0.15, -0.1) is 0 Å². The molecule has 0 bridgehead atoms. The van der Waals surface area contributed by atoms with Gasteiger partial charge in [-0.2, -0.15) is 0 Å². The Morgan fingerprint density at radius 3 is 2.11 bits per heavy atom. The molecule has 2 aromatic carbocycles. The summed E-state index contributed by atoms with van der Waals surface area (Å²) in [5, 5.41) is 0. The molecule has 0 N–H and O–H groups in total. The third-order valence-corrected chi connectivity index (χ3v) is 5.85. The van der Waals surface area contributed by atoms with E-state index < -0.39 is 0 Å². The van der Waals surface area contributed by atoms with Gasteiger partial charge in [-0.3, -0.25) is 4.79 Å². The first-order chi connectivity index (χ1) is 12.5. The molecule has 1 saturated heterocycles. The Hall–Kier alpha value is -0.826. The Morgan fingerprint density at radius 2 is 1.52 bits per heavy atom. The van der Waals surface area contributed by atoms with Crippen LogP contribution in [0, 0.1) is 20.8 Å². The molecule has 0 unspecified atom stereocenters. The zero-order chi connectivity index (χ0) is 18.6. The van der Waals surface area contributed by atoms with Crippen LogP contribution in [0.5, 0.6) is 0 Å². The number of hydrogen-bond acceptors (Lipinski definition) is 1. The fourth-order valence-electron chi connectivity index (χ4n) is 4.64. The van der Waals surface area contributed by atoms with Crippen LogP contribution in [0.3, 0.4) is 0 Å². The van der Waals surface area contributed by atoms with E-state index in [2.05, 4.69) is 63.2 Å². The molecule has 0 aliphatic carbocycles. The van der Waals surface area contributed by atoms with Crippen LogP contribution in [0.2, 0.25) is 0 Å². The molecular weight excluding hydrogens is 407 g/mol. The fraction of sp³-hybridized carbons (Fsp3) is 0.458. The average Bonchev–Trinajstić information content (AvgIpc) is 2.59. The third kappa shape index (κ3) is 6.07. The van der Waals surface area contributed by atoms with Gasteiger partial charge in [0.05, 0.1) is 13.1 Å². The number of carbonyl (C=O) groups excluding carboxylic acids is 1. The topological polar surface area (TPSA) is 17.1 Å². The van der Waals surface area contributed by atoms with Gasteiger partial charge < -0.3 is 4.48 Å². The molecule has 1 fully saturated rings. The number of carbonyl (C=O) groups is 1. The number of piperidine rings is 1. The summed E-state index contributed by atoms with van der Waals surface area (Å²) in [7, 11) is 0. The smallest absolute Gasteiger partial charge is 0.191 e. The van der Waals surface area contributed by atoms with Gasteiger partial charge in [-0.25, -0.2) is 0 Å². The van der Waals surface area contributed by atoms with Crippen LogP contribution in [0.25, 0.3) is 0 Å². The van der Waals surface area contributed by atoms with E-state index >= 15 is 0 Å². The second-order valence-corrected chi connectivity index (χ2v) is 8.24. The van der Waals surface area contributed by atoms with Gasteiger partial charge in [-0.05, 0) is 56.7 Å². The minimum absolute atomic E-state index is 0. The van der Waals surface area contributed by atoms with Crippen molar-refractivity contribution in [3.63, 3.8) is 0 Å². The minimum atomic E-state index is 0. The van der Waals surface area contributed by atoms with Crippen LogP contribution in [-0.4, -0.2) is 29.9 Å². The molecule has 141 valence electrons. The maximum Gasteiger partial charge on any atom is 0.191 e. The standard InChI is InChI=1S/C24H32NO.Y/c1-19-14-20(2)24(21(3)15-19)16-23(26)18-25(12-8-5-9-13-25)17-22-10-6-4-7-11-22;/h4,6-7,10-11,14-15H,5,8-9,12-13,16-18H2,1-3H3;/q+1;. The van der Waals surface area contributed by atoms with Crippen molar-refractivity contribution in [1.29, 1.82) is 0 Å². The number of hydrogen-bond donors (Lipinski definition) is 0. The summed E-state index contributed by atoms with van der Waals surface area (Å²) >= 11 is 0. The fourth-order valence-corrected chi connectivity index (χ4v) is 4.64. The second kappa shape index (κ2) is 10.1. The van der Waals surface area contributed by atoms with Gasteiger partial charge in [0, 0.05) is 44.7 Å². The first-order valence-electron chi connectivity index (χ1n) is 9.95. The van der Waals surface area contributed by atoms with Crippen LogP contribution < -0.4 is 0 Å². The van der Waals surface area contributed by atoms with Crippen molar-refractivity contribution in [3.8, 4) is 0 Å². The van der Waals surface area contributed by atoms with Gasteiger partial charge in [0.1, 0.15) is 13.1 Å². The Bertz CT molecular complexity index is 740.